The summed E-state index contributed by atoms with van der Waals surface area (Å²) in [7, 11) is 0. The second-order valence-corrected chi connectivity index (χ2v) is 8.10. The topological polar surface area (TPSA) is 58.2 Å². The van der Waals surface area contributed by atoms with Crippen LogP contribution in [-0.2, 0) is 22.4 Å². The quantitative estimate of drug-likeness (QED) is 0.812. The average molecular weight is 378 g/mol. The molecule has 0 spiro atoms. The molecule has 1 aliphatic heterocycles. The number of amides is 2. The summed E-state index contributed by atoms with van der Waals surface area (Å²) < 4.78 is 12.9. The van der Waals surface area contributed by atoms with Crippen LogP contribution in [0.5, 0.6) is 0 Å². The lowest BCUT2D eigenvalue weighted by Crippen LogP contribution is -2.54. The number of rotatable bonds is 6. The van der Waals surface area contributed by atoms with Gasteiger partial charge in [0.05, 0.1) is 5.25 Å². The van der Waals surface area contributed by atoms with Gasteiger partial charge < -0.3 is 10.6 Å². The molecule has 2 atom stereocenters. The summed E-state index contributed by atoms with van der Waals surface area (Å²) in [6.07, 6.45) is 1.33. The molecule has 1 aliphatic rings. The molecule has 1 aromatic carbocycles. The summed E-state index contributed by atoms with van der Waals surface area (Å²) >= 11 is 3.14. The number of nitrogens with one attached hydrogen (secondary N) is 2. The van der Waals surface area contributed by atoms with E-state index in [4.69, 9.17) is 0 Å². The SMILES string of the molecule is O=C(NCCc1cccs1)[C@H]1CS[C@H](Cc2ccc(F)cc2)C(=O)N1. The van der Waals surface area contributed by atoms with Crippen LogP contribution < -0.4 is 10.6 Å². The van der Waals surface area contributed by atoms with Crippen LogP contribution in [0.2, 0.25) is 0 Å². The van der Waals surface area contributed by atoms with E-state index in [1.807, 2.05) is 17.5 Å². The Bertz CT molecular complexity index is 719. The minimum Gasteiger partial charge on any atom is -0.354 e. The van der Waals surface area contributed by atoms with E-state index in [1.54, 1.807) is 23.5 Å². The second kappa shape index (κ2) is 8.49. The Labute approximate surface area is 154 Å². The van der Waals surface area contributed by atoms with Gasteiger partial charge in [-0.2, -0.15) is 0 Å². The lowest BCUT2D eigenvalue weighted by molar-refractivity contribution is -0.128. The fourth-order valence-electron chi connectivity index (χ4n) is 2.61. The van der Waals surface area contributed by atoms with Gasteiger partial charge in [-0.05, 0) is 42.0 Å². The van der Waals surface area contributed by atoms with Crippen molar-refractivity contribution in [3.8, 4) is 0 Å². The molecule has 0 aliphatic carbocycles. The standard InChI is InChI=1S/C18H19FN2O2S2/c19-13-5-3-12(4-6-13)10-16-18(23)21-15(11-25-16)17(22)20-8-7-14-2-1-9-24-14/h1-6,9,15-16H,7-8,10-11H2,(H,20,22)(H,21,23)/t15-,16-/m1/s1. The summed E-state index contributed by atoms with van der Waals surface area (Å²) in [5.41, 5.74) is 0.910. The third-order valence-electron chi connectivity index (χ3n) is 3.97. The molecular formula is C18H19FN2O2S2. The number of hydrogen-bond donors (Lipinski definition) is 2. The Morgan fingerprint density at radius 2 is 2.08 bits per heavy atom. The molecule has 1 fully saturated rings. The minimum atomic E-state index is -0.495. The van der Waals surface area contributed by atoms with Crippen molar-refractivity contribution in [2.24, 2.45) is 0 Å². The van der Waals surface area contributed by atoms with E-state index in [-0.39, 0.29) is 22.9 Å². The minimum absolute atomic E-state index is 0.140. The van der Waals surface area contributed by atoms with E-state index >= 15 is 0 Å². The number of benzene rings is 1. The van der Waals surface area contributed by atoms with Gasteiger partial charge in [-0.15, -0.1) is 23.1 Å². The molecule has 2 heterocycles. The first-order valence-electron chi connectivity index (χ1n) is 8.08. The van der Waals surface area contributed by atoms with Gasteiger partial charge in [0.15, 0.2) is 0 Å². The van der Waals surface area contributed by atoms with Gasteiger partial charge in [0.25, 0.3) is 0 Å². The highest BCUT2D eigenvalue weighted by Crippen LogP contribution is 2.22. The van der Waals surface area contributed by atoms with Crippen LogP contribution in [0.4, 0.5) is 4.39 Å². The largest absolute Gasteiger partial charge is 0.354 e. The van der Waals surface area contributed by atoms with Crippen LogP contribution in [0.1, 0.15) is 10.4 Å². The Hall–Kier alpha value is -1.86. The third kappa shape index (κ3) is 5.06. The van der Waals surface area contributed by atoms with Gasteiger partial charge in [-0.3, -0.25) is 9.59 Å². The van der Waals surface area contributed by atoms with Gasteiger partial charge >= 0.3 is 0 Å². The molecule has 2 N–H and O–H groups in total. The van der Waals surface area contributed by atoms with E-state index in [1.165, 1.54) is 28.8 Å². The van der Waals surface area contributed by atoms with Crippen molar-refractivity contribution >= 4 is 34.9 Å². The Morgan fingerprint density at radius 3 is 2.76 bits per heavy atom. The zero-order chi connectivity index (χ0) is 17.6. The number of thiophene rings is 1. The molecule has 7 heteroatoms. The molecule has 3 rings (SSSR count). The number of hydrogen-bond acceptors (Lipinski definition) is 4. The monoisotopic (exact) mass is 378 g/mol. The summed E-state index contributed by atoms with van der Waals surface area (Å²) in [4.78, 5) is 25.7. The van der Waals surface area contributed by atoms with Gasteiger partial charge in [0.2, 0.25) is 11.8 Å². The molecular weight excluding hydrogens is 359 g/mol. The van der Waals surface area contributed by atoms with E-state index in [0.717, 1.165) is 12.0 Å². The summed E-state index contributed by atoms with van der Waals surface area (Å²) in [6, 6.07) is 9.69. The van der Waals surface area contributed by atoms with E-state index in [9.17, 15) is 14.0 Å². The van der Waals surface area contributed by atoms with Crippen LogP contribution in [0.25, 0.3) is 0 Å². The van der Waals surface area contributed by atoms with Crippen LogP contribution in [0.15, 0.2) is 41.8 Å². The van der Waals surface area contributed by atoms with Crippen LogP contribution in [0, 0.1) is 5.82 Å². The third-order valence-corrected chi connectivity index (χ3v) is 6.22. The molecule has 2 amide bonds. The van der Waals surface area contributed by atoms with Crippen molar-refractivity contribution in [2.45, 2.75) is 24.1 Å². The highest BCUT2D eigenvalue weighted by molar-refractivity contribution is 8.00. The number of carbonyl (C=O) groups excluding carboxylic acids is 2. The average Bonchev–Trinajstić information content (AvgIpc) is 3.12. The normalized spacial score (nSPS) is 20.1. The van der Waals surface area contributed by atoms with Crippen molar-refractivity contribution in [2.75, 3.05) is 12.3 Å². The van der Waals surface area contributed by atoms with Gasteiger partial charge in [0, 0.05) is 17.2 Å². The van der Waals surface area contributed by atoms with Crippen molar-refractivity contribution in [3.05, 3.63) is 58.0 Å². The number of halogens is 1. The van der Waals surface area contributed by atoms with Crippen LogP contribution in [-0.4, -0.2) is 35.4 Å². The van der Waals surface area contributed by atoms with Crippen LogP contribution in [0.3, 0.4) is 0 Å². The molecule has 4 nitrogen and oxygen atoms in total. The van der Waals surface area contributed by atoms with Gasteiger partial charge in [0.1, 0.15) is 11.9 Å². The highest BCUT2D eigenvalue weighted by Gasteiger charge is 2.32. The van der Waals surface area contributed by atoms with Gasteiger partial charge in [-0.1, -0.05) is 18.2 Å². The molecule has 0 bridgehead atoms. The van der Waals surface area contributed by atoms with Gasteiger partial charge in [-0.25, -0.2) is 4.39 Å². The van der Waals surface area contributed by atoms with Crippen LogP contribution >= 0.6 is 23.1 Å². The number of thioether (sulfide) groups is 1. The maximum atomic E-state index is 12.9. The van der Waals surface area contributed by atoms with Crippen molar-refractivity contribution in [3.63, 3.8) is 0 Å². The number of carbonyl (C=O) groups is 2. The lowest BCUT2D eigenvalue weighted by Gasteiger charge is -2.28. The first-order chi connectivity index (χ1) is 12.1. The zero-order valence-electron chi connectivity index (χ0n) is 13.5. The molecule has 132 valence electrons. The lowest BCUT2D eigenvalue weighted by atomic mass is 10.1. The molecule has 1 saturated heterocycles. The Kier molecular flexibility index (Phi) is 6.09. The van der Waals surface area contributed by atoms with Crippen molar-refractivity contribution in [1.82, 2.24) is 10.6 Å². The molecule has 0 saturated carbocycles. The molecule has 0 radical (unpaired) electrons. The van der Waals surface area contributed by atoms with E-state index in [0.29, 0.717) is 18.7 Å². The highest BCUT2D eigenvalue weighted by atomic mass is 32.2. The van der Waals surface area contributed by atoms with Crippen molar-refractivity contribution in [1.29, 1.82) is 0 Å². The Balaban J connectivity index is 1.45. The molecule has 25 heavy (non-hydrogen) atoms. The smallest absolute Gasteiger partial charge is 0.243 e. The zero-order valence-corrected chi connectivity index (χ0v) is 15.2. The summed E-state index contributed by atoms with van der Waals surface area (Å²) in [5, 5.41) is 7.44. The summed E-state index contributed by atoms with van der Waals surface area (Å²) in [6.45, 7) is 0.565. The van der Waals surface area contributed by atoms with Crippen molar-refractivity contribution < 1.29 is 14.0 Å². The first kappa shape index (κ1) is 17.9. The summed E-state index contributed by atoms with van der Waals surface area (Å²) in [5.74, 6) is -0.0250. The fourth-order valence-corrected chi connectivity index (χ4v) is 4.51. The molecule has 1 aromatic heterocycles. The maximum Gasteiger partial charge on any atom is 0.243 e. The maximum absolute atomic E-state index is 12.9. The fraction of sp³-hybridized carbons (Fsp3) is 0.333. The Morgan fingerprint density at radius 1 is 1.28 bits per heavy atom. The second-order valence-electron chi connectivity index (χ2n) is 5.83. The first-order valence-corrected chi connectivity index (χ1v) is 10.0. The molecule has 0 unspecified atom stereocenters. The van der Waals surface area contributed by atoms with E-state index < -0.39 is 6.04 Å². The predicted molar refractivity (Wildman–Crippen MR) is 99.3 cm³/mol. The van der Waals surface area contributed by atoms with E-state index in [2.05, 4.69) is 10.6 Å². The predicted octanol–water partition coefficient (Wildman–Crippen LogP) is 2.39. The molecule has 2 aromatic rings.